The van der Waals surface area contributed by atoms with Crippen molar-refractivity contribution in [3.8, 4) is 0 Å². The zero-order valence-corrected chi connectivity index (χ0v) is 34.0. The zero-order chi connectivity index (χ0) is 39.2. The largest absolute Gasteiger partial charge is 0.337 e. The summed E-state index contributed by atoms with van der Waals surface area (Å²) in [7, 11) is 0. The van der Waals surface area contributed by atoms with Crippen LogP contribution in [0.4, 0.5) is 22.7 Å². The van der Waals surface area contributed by atoms with E-state index in [1.807, 2.05) is 0 Å². The van der Waals surface area contributed by atoms with Gasteiger partial charge in [0.05, 0.1) is 0 Å². The third-order valence-corrected chi connectivity index (χ3v) is 14.2. The highest BCUT2D eigenvalue weighted by Gasteiger charge is 2.50. The van der Waals surface area contributed by atoms with Crippen molar-refractivity contribution < 1.29 is 0 Å². The Labute approximate surface area is 344 Å². The van der Waals surface area contributed by atoms with Gasteiger partial charge in [-0.1, -0.05) is 137 Å². The highest BCUT2D eigenvalue weighted by atomic mass is 15.2. The minimum atomic E-state index is -0.181. The molecule has 0 saturated heterocycles. The van der Waals surface area contributed by atoms with Crippen molar-refractivity contribution in [3.05, 3.63) is 226 Å². The fourth-order valence-corrected chi connectivity index (χ4v) is 11.4. The smallest absolute Gasteiger partial charge is 0.0458 e. The summed E-state index contributed by atoms with van der Waals surface area (Å²) in [6.07, 6.45) is 19.9. The van der Waals surface area contributed by atoms with Crippen molar-refractivity contribution >= 4 is 33.9 Å². The average molecular weight is 751 g/mol. The quantitative estimate of drug-likeness (QED) is 0.171. The van der Waals surface area contributed by atoms with Crippen LogP contribution in [0.2, 0.25) is 0 Å². The summed E-state index contributed by atoms with van der Waals surface area (Å²) >= 11 is 0. The molecule has 58 heavy (non-hydrogen) atoms. The van der Waals surface area contributed by atoms with Crippen LogP contribution in [-0.2, 0) is 10.8 Å². The van der Waals surface area contributed by atoms with Gasteiger partial charge in [0.25, 0.3) is 0 Å². The van der Waals surface area contributed by atoms with Crippen LogP contribution in [0.5, 0.6) is 0 Å². The first-order valence-corrected chi connectivity index (χ1v) is 21.3. The Hall–Kier alpha value is -6.12. The van der Waals surface area contributed by atoms with Gasteiger partial charge < -0.3 is 9.80 Å². The maximum Gasteiger partial charge on any atom is 0.0458 e. The van der Waals surface area contributed by atoms with Crippen LogP contribution in [-0.4, -0.2) is 6.04 Å². The zero-order valence-electron chi connectivity index (χ0n) is 34.0. The fraction of sp³-hybridized carbons (Fsp3) is 0.214. The number of fused-ring (bicyclic) bond motifs is 8. The van der Waals surface area contributed by atoms with Crippen molar-refractivity contribution in [2.45, 2.75) is 63.8 Å². The molecule has 0 aliphatic heterocycles. The first kappa shape index (κ1) is 35.1. The second kappa shape index (κ2) is 13.2. The molecule has 0 amide bonds. The minimum absolute atomic E-state index is 0.120. The summed E-state index contributed by atoms with van der Waals surface area (Å²) in [5, 5.41) is 0. The summed E-state index contributed by atoms with van der Waals surface area (Å²) in [6, 6.07) is 49.6. The number of nitrogens with zero attached hydrogens (tertiary/aromatic N) is 2. The molecule has 2 heteroatoms. The second-order valence-electron chi connectivity index (χ2n) is 18.0. The van der Waals surface area contributed by atoms with Crippen molar-refractivity contribution in [2.75, 3.05) is 9.80 Å². The molecule has 2 nitrogen and oxygen atoms in total. The molecule has 0 heterocycles. The topological polar surface area (TPSA) is 6.48 Å². The molecule has 6 aliphatic carbocycles. The molecule has 0 radical (unpaired) electrons. The van der Waals surface area contributed by atoms with Crippen LogP contribution >= 0.6 is 0 Å². The van der Waals surface area contributed by atoms with Gasteiger partial charge in [0, 0.05) is 57.2 Å². The molecule has 11 rings (SSSR count). The normalized spacial score (nSPS) is 22.8. The van der Waals surface area contributed by atoms with E-state index in [4.69, 9.17) is 0 Å². The summed E-state index contributed by atoms with van der Waals surface area (Å²) in [5.41, 5.74) is 20.8. The van der Waals surface area contributed by atoms with Gasteiger partial charge in [-0.05, 0) is 142 Å². The predicted octanol–water partition coefficient (Wildman–Crippen LogP) is 14.1. The summed E-state index contributed by atoms with van der Waals surface area (Å²) in [6.45, 7) is 9.95. The molecule has 3 unspecified atom stereocenters. The van der Waals surface area contributed by atoms with Gasteiger partial charge in [0.15, 0.2) is 0 Å². The van der Waals surface area contributed by atoms with E-state index in [0.29, 0.717) is 12.0 Å². The Balaban J connectivity index is 1.07. The van der Waals surface area contributed by atoms with Gasteiger partial charge in [-0.3, -0.25) is 0 Å². The van der Waals surface area contributed by atoms with Gasteiger partial charge in [0.1, 0.15) is 0 Å². The van der Waals surface area contributed by atoms with E-state index in [0.717, 1.165) is 19.3 Å². The molecule has 6 aliphatic rings. The van der Waals surface area contributed by atoms with Gasteiger partial charge in [-0.15, -0.1) is 0 Å². The molecule has 0 spiro atoms. The van der Waals surface area contributed by atoms with Gasteiger partial charge in [-0.25, -0.2) is 0 Å². The van der Waals surface area contributed by atoms with Gasteiger partial charge >= 0.3 is 0 Å². The van der Waals surface area contributed by atoms with Crippen LogP contribution in [0.3, 0.4) is 0 Å². The average Bonchev–Trinajstić information content (AvgIpc) is 3.63. The Kier molecular flexibility index (Phi) is 7.99. The SMILES string of the molecule is CC1(C)C2=C(C3=CC=CCC3C(N(c3ccccc3)c3ccccc3)=C2)c2cc3c(cc21)C1=C(CC(N(c2ccccc2)c2ccccc2)C2CC=CC=C12)C3(C)C. The van der Waals surface area contributed by atoms with Crippen molar-refractivity contribution in [2.24, 2.45) is 11.8 Å². The monoisotopic (exact) mass is 750 g/mol. The molecule has 5 aromatic carbocycles. The minimum Gasteiger partial charge on any atom is -0.337 e. The van der Waals surface area contributed by atoms with E-state index in [2.05, 4.69) is 213 Å². The maximum atomic E-state index is 2.64. The first-order valence-electron chi connectivity index (χ1n) is 21.3. The van der Waals surface area contributed by atoms with E-state index in [1.165, 1.54) is 78.6 Å². The molecular weight excluding hydrogens is 701 g/mol. The number of rotatable bonds is 6. The molecule has 0 bridgehead atoms. The number of allylic oxidation sites excluding steroid dienone is 11. The summed E-state index contributed by atoms with van der Waals surface area (Å²) in [5.74, 6) is 0.632. The predicted molar refractivity (Wildman–Crippen MR) is 244 cm³/mol. The lowest BCUT2D eigenvalue weighted by molar-refractivity contribution is 0.441. The van der Waals surface area contributed by atoms with Gasteiger partial charge in [-0.2, -0.15) is 0 Å². The lowest BCUT2D eigenvalue weighted by atomic mass is 9.68. The third-order valence-electron chi connectivity index (χ3n) is 14.2. The van der Waals surface area contributed by atoms with Gasteiger partial charge in [0.2, 0.25) is 0 Å². The molecule has 0 N–H and O–H groups in total. The number of anilines is 4. The van der Waals surface area contributed by atoms with E-state index in [1.54, 1.807) is 5.57 Å². The first-order chi connectivity index (χ1) is 28.3. The maximum absolute atomic E-state index is 2.64. The van der Waals surface area contributed by atoms with Crippen LogP contribution in [0.1, 0.15) is 69.2 Å². The van der Waals surface area contributed by atoms with E-state index >= 15 is 0 Å². The Morgan fingerprint density at radius 3 is 1.62 bits per heavy atom. The van der Waals surface area contributed by atoms with Crippen LogP contribution < -0.4 is 9.80 Å². The van der Waals surface area contributed by atoms with Crippen molar-refractivity contribution in [1.29, 1.82) is 0 Å². The van der Waals surface area contributed by atoms with Crippen LogP contribution in [0.25, 0.3) is 11.1 Å². The lowest BCUT2D eigenvalue weighted by Gasteiger charge is -2.45. The van der Waals surface area contributed by atoms with E-state index in [9.17, 15) is 0 Å². The standard InChI is InChI=1S/C56H50N2/c1-55(2)47-33-46-48(34-45(47)53-43-31-19-17-29-41(43)51(35-49(53)55)57(37-21-9-5-10-22-37)38-23-11-6-12-24-38)56(3,4)50-36-52(42-30-18-20-32-44(42)54(46)50)58(39-25-13-7-14-26-39)40-27-15-8-16-28-40/h5-28,31-35,41-42,52H,29-30,36H2,1-4H3. The lowest BCUT2D eigenvalue weighted by Crippen LogP contribution is -2.42. The number of benzene rings is 5. The van der Waals surface area contributed by atoms with E-state index < -0.39 is 0 Å². The Morgan fingerprint density at radius 1 is 0.534 bits per heavy atom. The molecule has 284 valence electrons. The van der Waals surface area contributed by atoms with Crippen molar-refractivity contribution in [3.63, 3.8) is 0 Å². The fourth-order valence-electron chi connectivity index (χ4n) is 11.4. The molecule has 5 aromatic rings. The third kappa shape index (κ3) is 5.17. The van der Waals surface area contributed by atoms with Crippen LogP contribution in [0, 0.1) is 11.8 Å². The number of hydrogen-bond donors (Lipinski definition) is 0. The highest BCUT2D eigenvalue weighted by Crippen LogP contribution is 2.62. The summed E-state index contributed by atoms with van der Waals surface area (Å²) in [4.78, 5) is 5.15. The molecule has 0 fully saturated rings. The molecule has 3 atom stereocenters. The highest BCUT2D eigenvalue weighted by molar-refractivity contribution is 5.99. The van der Waals surface area contributed by atoms with Crippen molar-refractivity contribution in [1.82, 2.24) is 0 Å². The second-order valence-corrected chi connectivity index (χ2v) is 18.0. The summed E-state index contributed by atoms with van der Waals surface area (Å²) < 4.78 is 0. The molecule has 0 aromatic heterocycles. The van der Waals surface area contributed by atoms with Crippen LogP contribution in [0.15, 0.2) is 204 Å². The Morgan fingerprint density at radius 2 is 1.03 bits per heavy atom. The molecule has 0 saturated carbocycles. The number of hydrogen-bond acceptors (Lipinski definition) is 2. The molecular formula is C56H50N2. The number of para-hydroxylation sites is 4. The van der Waals surface area contributed by atoms with E-state index in [-0.39, 0.29) is 16.7 Å². The Bertz CT molecular complexity index is 2600.